The first-order chi connectivity index (χ1) is 6.65. The zero-order valence-electron chi connectivity index (χ0n) is 8.07. The summed E-state index contributed by atoms with van der Waals surface area (Å²) < 4.78 is 0. The second-order valence-electron chi connectivity index (χ2n) is 4.56. The van der Waals surface area contributed by atoms with Gasteiger partial charge < -0.3 is 10.0 Å². The van der Waals surface area contributed by atoms with Gasteiger partial charge in [0, 0.05) is 26.1 Å². The number of carboxylic acid groups (broad SMARTS) is 1. The molecule has 0 aromatic heterocycles. The maximum Gasteiger partial charge on any atom is 0.309 e. The van der Waals surface area contributed by atoms with Gasteiger partial charge in [-0.2, -0.15) is 5.26 Å². The third-order valence-electron chi connectivity index (χ3n) is 3.28. The summed E-state index contributed by atoms with van der Waals surface area (Å²) in [6.07, 6.45) is 2.89. The Morgan fingerprint density at radius 2 is 2.21 bits per heavy atom. The Kier molecular flexibility index (Phi) is 2.20. The molecule has 0 amide bonds. The third kappa shape index (κ3) is 1.73. The van der Waals surface area contributed by atoms with E-state index in [0.717, 1.165) is 19.4 Å². The lowest BCUT2D eigenvalue weighted by atomic mass is 9.95. The van der Waals surface area contributed by atoms with Crippen molar-refractivity contribution >= 4 is 5.97 Å². The molecule has 0 aromatic carbocycles. The number of aliphatic carboxylic acids is 1. The van der Waals surface area contributed by atoms with Crippen LogP contribution < -0.4 is 0 Å². The molecule has 4 nitrogen and oxygen atoms in total. The zero-order chi connectivity index (χ0) is 10.2. The molecule has 2 rings (SSSR count). The van der Waals surface area contributed by atoms with Crippen molar-refractivity contribution in [3.8, 4) is 6.07 Å². The lowest BCUT2D eigenvalue weighted by Crippen LogP contribution is -2.52. The Balaban J connectivity index is 1.74. The monoisotopic (exact) mass is 194 g/mol. The number of carboxylic acids is 1. The van der Waals surface area contributed by atoms with Crippen LogP contribution in [0.5, 0.6) is 0 Å². The Morgan fingerprint density at radius 1 is 1.57 bits per heavy atom. The van der Waals surface area contributed by atoms with Crippen molar-refractivity contribution in [2.75, 3.05) is 19.6 Å². The fourth-order valence-corrected chi connectivity index (χ4v) is 2.06. The first kappa shape index (κ1) is 9.47. The van der Waals surface area contributed by atoms with E-state index in [0.29, 0.717) is 19.5 Å². The van der Waals surface area contributed by atoms with Crippen LogP contribution in [0, 0.1) is 22.7 Å². The van der Waals surface area contributed by atoms with E-state index in [9.17, 15) is 4.79 Å². The van der Waals surface area contributed by atoms with Gasteiger partial charge in [-0.25, -0.2) is 0 Å². The van der Waals surface area contributed by atoms with Crippen molar-refractivity contribution in [2.24, 2.45) is 11.3 Å². The van der Waals surface area contributed by atoms with Gasteiger partial charge in [0.25, 0.3) is 0 Å². The van der Waals surface area contributed by atoms with Crippen molar-refractivity contribution in [1.82, 2.24) is 4.90 Å². The molecule has 2 aliphatic rings. The summed E-state index contributed by atoms with van der Waals surface area (Å²) in [6, 6.07) is 2.22. The van der Waals surface area contributed by atoms with Gasteiger partial charge in [-0.15, -0.1) is 0 Å². The van der Waals surface area contributed by atoms with Gasteiger partial charge in [-0.3, -0.25) is 4.79 Å². The van der Waals surface area contributed by atoms with E-state index >= 15 is 0 Å². The van der Waals surface area contributed by atoms with Gasteiger partial charge in [0.2, 0.25) is 0 Å². The van der Waals surface area contributed by atoms with Crippen LogP contribution in [-0.4, -0.2) is 35.6 Å². The Labute approximate surface area is 83.1 Å². The normalized spacial score (nSPS) is 25.1. The van der Waals surface area contributed by atoms with Gasteiger partial charge in [0.1, 0.15) is 0 Å². The summed E-state index contributed by atoms with van der Waals surface area (Å²) >= 11 is 0. The lowest BCUT2D eigenvalue weighted by Gasteiger charge is -2.38. The predicted octanol–water partition coefficient (Wildman–Crippen LogP) is 0.697. The highest BCUT2D eigenvalue weighted by atomic mass is 16.4. The Hall–Kier alpha value is -1.08. The van der Waals surface area contributed by atoms with Gasteiger partial charge in [-0.1, -0.05) is 0 Å². The van der Waals surface area contributed by atoms with Crippen molar-refractivity contribution < 1.29 is 9.90 Å². The number of nitrogens with zero attached hydrogens (tertiary/aromatic N) is 2. The number of rotatable bonds is 4. The second-order valence-corrected chi connectivity index (χ2v) is 4.56. The Bertz CT molecular complexity index is 285. The minimum absolute atomic E-state index is 0.173. The number of hydrogen-bond donors (Lipinski definition) is 1. The molecule has 14 heavy (non-hydrogen) atoms. The first-order valence-corrected chi connectivity index (χ1v) is 4.97. The van der Waals surface area contributed by atoms with Gasteiger partial charge in [-0.05, 0) is 18.3 Å². The maximum absolute atomic E-state index is 10.6. The molecule has 0 atom stereocenters. The van der Waals surface area contributed by atoms with Crippen LogP contribution in [0.15, 0.2) is 0 Å². The highest BCUT2D eigenvalue weighted by Crippen LogP contribution is 2.49. The second kappa shape index (κ2) is 3.25. The smallest absolute Gasteiger partial charge is 0.309 e. The van der Waals surface area contributed by atoms with Crippen molar-refractivity contribution in [2.45, 2.75) is 19.3 Å². The molecule has 4 heteroatoms. The van der Waals surface area contributed by atoms with Gasteiger partial charge in [0.05, 0.1) is 12.0 Å². The summed E-state index contributed by atoms with van der Waals surface area (Å²) in [5, 5.41) is 17.3. The molecule has 0 spiro atoms. The third-order valence-corrected chi connectivity index (χ3v) is 3.28. The number of hydrogen-bond acceptors (Lipinski definition) is 3. The molecule has 76 valence electrons. The fraction of sp³-hybridized carbons (Fsp3) is 0.800. The molecule has 1 N–H and O–H groups in total. The summed E-state index contributed by atoms with van der Waals surface area (Å²) in [6.45, 7) is 2.26. The molecule has 0 aromatic rings. The molecule has 1 heterocycles. The average molecular weight is 194 g/mol. The predicted molar refractivity (Wildman–Crippen MR) is 49.5 cm³/mol. The summed E-state index contributed by atoms with van der Waals surface area (Å²) in [5.74, 6) is -0.862. The number of nitriles is 1. The van der Waals surface area contributed by atoms with E-state index in [-0.39, 0.29) is 11.3 Å². The van der Waals surface area contributed by atoms with Crippen LogP contribution in [0.25, 0.3) is 0 Å². The molecule has 1 aliphatic heterocycles. The standard InChI is InChI=1S/C10H14N2O2/c11-4-3-10(1-2-10)7-12-5-8(6-12)9(13)14/h8H,1-3,5-7H2,(H,13,14). The quantitative estimate of drug-likeness (QED) is 0.715. The van der Waals surface area contributed by atoms with Crippen LogP contribution in [-0.2, 0) is 4.79 Å². The summed E-state index contributed by atoms with van der Waals surface area (Å²) in [4.78, 5) is 12.7. The van der Waals surface area contributed by atoms with Gasteiger partial charge >= 0.3 is 5.97 Å². The van der Waals surface area contributed by atoms with Crippen molar-refractivity contribution in [3.63, 3.8) is 0 Å². The van der Waals surface area contributed by atoms with Crippen LogP contribution in [0.4, 0.5) is 0 Å². The fourth-order valence-electron chi connectivity index (χ4n) is 2.06. The van der Waals surface area contributed by atoms with Crippen LogP contribution >= 0.6 is 0 Å². The molecule has 1 saturated carbocycles. The van der Waals surface area contributed by atoms with Crippen molar-refractivity contribution in [3.05, 3.63) is 0 Å². The SMILES string of the molecule is N#CCC1(CN2CC(C(=O)O)C2)CC1. The molecular weight excluding hydrogens is 180 g/mol. The minimum atomic E-state index is -0.689. The number of carbonyl (C=O) groups is 1. The largest absolute Gasteiger partial charge is 0.481 e. The molecular formula is C10H14N2O2. The molecule has 1 saturated heterocycles. The molecule has 1 aliphatic carbocycles. The molecule has 0 radical (unpaired) electrons. The van der Waals surface area contributed by atoms with E-state index < -0.39 is 5.97 Å². The summed E-state index contributed by atoms with van der Waals surface area (Å²) in [5.41, 5.74) is 0.220. The Morgan fingerprint density at radius 3 is 2.64 bits per heavy atom. The van der Waals surface area contributed by atoms with Crippen LogP contribution in [0.3, 0.4) is 0 Å². The average Bonchev–Trinajstić information content (AvgIpc) is 2.77. The maximum atomic E-state index is 10.6. The zero-order valence-corrected chi connectivity index (χ0v) is 8.07. The molecule has 0 unspecified atom stereocenters. The van der Waals surface area contributed by atoms with E-state index in [1.807, 2.05) is 0 Å². The number of likely N-dealkylation sites (tertiary alicyclic amines) is 1. The lowest BCUT2D eigenvalue weighted by molar-refractivity contribution is -0.147. The minimum Gasteiger partial charge on any atom is -0.481 e. The summed E-state index contributed by atoms with van der Waals surface area (Å²) in [7, 11) is 0. The highest BCUT2D eigenvalue weighted by Gasteiger charge is 2.46. The molecule has 2 fully saturated rings. The van der Waals surface area contributed by atoms with E-state index in [4.69, 9.17) is 10.4 Å². The topological polar surface area (TPSA) is 64.3 Å². The van der Waals surface area contributed by atoms with Crippen LogP contribution in [0.1, 0.15) is 19.3 Å². The van der Waals surface area contributed by atoms with Gasteiger partial charge in [0.15, 0.2) is 0 Å². The highest BCUT2D eigenvalue weighted by molar-refractivity contribution is 5.71. The van der Waals surface area contributed by atoms with E-state index in [1.165, 1.54) is 0 Å². The van der Waals surface area contributed by atoms with Crippen LogP contribution in [0.2, 0.25) is 0 Å². The molecule has 0 bridgehead atoms. The van der Waals surface area contributed by atoms with E-state index in [1.54, 1.807) is 0 Å². The van der Waals surface area contributed by atoms with E-state index in [2.05, 4.69) is 11.0 Å². The van der Waals surface area contributed by atoms with Crippen molar-refractivity contribution in [1.29, 1.82) is 5.26 Å². The first-order valence-electron chi connectivity index (χ1n) is 4.97.